The fraction of sp³-hybridized carbons (Fsp3) is 0.667. The highest BCUT2D eigenvalue weighted by molar-refractivity contribution is 7.11. The minimum absolute atomic E-state index is 0.0121. The number of rotatable bonds is 5. The molecule has 0 saturated carbocycles. The third kappa shape index (κ3) is 6.62. The maximum absolute atomic E-state index is 12.9. The lowest BCUT2D eigenvalue weighted by Gasteiger charge is -2.28. The average Bonchev–Trinajstić information content (AvgIpc) is 3.18. The van der Waals surface area contributed by atoms with Gasteiger partial charge in [-0.2, -0.15) is 0 Å². The Morgan fingerprint density at radius 2 is 1.86 bits per heavy atom. The summed E-state index contributed by atoms with van der Waals surface area (Å²) in [5.74, 6) is -0.648. The van der Waals surface area contributed by atoms with E-state index in [0.29, 0.717) is 30.8 Å². The number of thiophene rings is 1. The lowest BCUT2D eigenvalue weighted by atomic mass is 9.86. The minimum Gasteiger partial charge on any atom is -0.460 e. The highest BCUT2D eigenvalue weighted by atomic mass is 32.1. The molecule has 0 unspecified atom stereocenters. The standard InChI is InChI=1S/C21H31NO5S/c1-20(2,3)26-18(24)17(10-14-9-16(12-23)28-13-14)15-7-8-22(11-15)19(25)27-21(4,5)6/h9,12-13,15,17H,7-8,10-11H2,1-6H3/t15-,17-/m0/s1. The Kier molecular flexibility index (Phi) is 6.91. The number of hydrogen-bond acceptors (Lipinski definition) is 6. The Hall–Kier alpha value is -1.89. The van der Waals surface area contributed by atoms with Crippen LogP contribution < -0.4 is 0 Å². The zero-order valence-electron chi connectivity index (χ0n) is 17.6. The van der Waals surface area contributed by atoms with Crippen LogP contribution in [0.1, 0.15) is 63.2 Å². The van der Waals surface area contributed by atoms with Gasteiger partial charge in [0.25, 0.3) is 0 Å². The molecule has 2 heterocycles. The molecule has 1 fully saturated rings. The number of nitrogens with zero attached hydrogens (tertiary/aromatic N) is 1. The van der Waals surface area contributed by atoms with Crippen LogP contribution in [0.5, 0.6) is 0 Å². The second-order valence-corrected chi connectivity index (χ2v) is 10.2. The number of carbonyl (C=O) groups is 3. The molecule has 2 rings (SSSR count). The summed E-state index contributed by atoms with van der Waals surface area (Å²) in [5.41, 5.74) is -0.193. The van der Waals surface area contributed by atoms with Gasteiger partial charge < -0.3 is 14.4 Å². The van der Waals surface area contributed by atoms with Crippen LogP contribution in [0.4, 0.5) is 4.79 Å². The second kappa shape index (κ2) is 8.64. The monoisotopic (exact) mass is 409 g/mol. The summed E-state index contributed by atoms with van der Waals surface area (Å²) in [6.07, 6.45) is 1.67. The smallest absolute Gasteiger partial charge is 0.410 e. The molecule has 1 aromatic rings. The maximum atomic E-state index is 12.9. The number of esters is 1. The molecule has 1 saturated heterocycles. The molecule has 156 valence electrons. The first kappa shape index (κ1) is 22.4. The lowest BCUT2D eigenvalue weighted by Crippen LogP contribution is -2.38. The molecule has 6 nitrogen and oxygen atoms in total. The van der Waals surface area contributed by atoms with Gasteiger partial charge in [0.1, 0.15) is 11.2 Å². The Morgan fingerprint density at radius 3 is 2.39 bits per heavy atom. The van der Waals surface area contributed by atoms with E-state index in [9.17, 15) is 14.4 Å². The van der Waals surface area contributed by atoms with Crippen LogP contribution in [0.3, 0.4) is 0 Å². The predicted octanol–water partition coefficient (Wildman–Crippen LogP) is 4.32. The van der Waals surface area contributed by atoms with Crippen LogP contribution in [0, 0.1) is 11.8 Å². The molecular formula is C21H31NO5S. The molecule has 28 heavy (non-hydrogen) atoms. The summed E-state index contributed by atoms with van der Waals surface area (Å²) < 4.78 is 11.1. The van der Waals surface area contributed by atoms with Gasteiger partial charge in [-0.1, -0.05) is 0 Å². The summed E-state index contributed by atoms with van der Waals surface area (Å²) in [6, 6.07) is 1.82. The molecule has 1 aliphatic rings. The van der Waals surface area contributed by atoms with E-state index in [1.165, 1.54) is 11.3 Å². The topological polar surface area (TPSA) is 72.9 Å². The molecule has 0 radical (unpaired) electrons. The summed E-state index contributed by atoms with van der Waals surface area (Å²) >= 11 is 1.37. The van der Waals surface area contributed by atoms with Crippen LogP contribution in [0.15, 0.2) is 11.4 Å². The van der Waals surface area contributed by atoms with Gasteiger partial charge in [-0.3, -0.25) is 9.59 Å². The third-order valence-electron chi connectivity index (χ3n) is 4.40. The first-order valence-electron chi connectivity index (χ1n) is 9.61. The van der Waals surface area contributed by atoms with Gasteiger partial charge >= 0.3 is 12.1 Å². The van der Waals surface area contributed by atoms with E-state index < -0.39 is 11.2 Å². The van der Waals surface area contributed by atoms with E-state index in [4.69, 9.17) is 9.47 Å². The first-order valence-corrected chi connectivity index (χ1v) is 10.5. The van der Waals surface area contributed by atoms with Crippen LogP contribution in [0.2, 0.25) is 0 Å². The van der Waals surface area contributed by atoms with E-state index >= 15 is 0 Å². The van der Waals surface area contributed by atoms with Crippen LogP contribution >= 0.6 is 11.3 Å². The first-order chi connectivity index (χ1) is 12.9. The molecule has 0 spiro atoms. The third-order valence-corrected chi connectivity index (χ3v) is 5.31. The van der Waals surface area contributed by atoms with Crippen LogP contribution in [-0.2, 0) is 20.7 Å². The Labute approximate surface area is 171 Å². The van der Waals surface area contributed by atoms with Crippen molar-refractivity contribution in [2.45, 2.75) is 65.6 Å². The fourth-order valence-electron chi connectivity index (χ4n) is 3.25. The summed E-state index contributed by atoms with van der Waals surface area (Å²) in [5, 5.41) is 1.90. The van der Waals surface area contributed by atoms with Gasteiger partial charge in [0.15, 0.2) is 6.29 Å². The molecule has 0 N–H and O–H groups in total. The molecule has 1 aliphatic heterocycles. The number of carbonyl (C=O) groups excluding carboxylic acids is 3. The van der Waals surface area contributed by atoms with Gasteiger partial charge in [-0.25, -0.2) is 4.79 Å². The average molecular weight is 410 g/mol. The molecule has 0 aliphatic carbocycles. The van der Waals surface area contributed by atoms with Gasteiger partial charge in [0.05, 0.1) is 10.8 Å². The predicted molar refractivity (Wildman–Crippen MR) is 109 cm³/mol. The number of likely N-dealkylation sites (tertiary alicyclic amines) is 1. The molecular weight excluding hydrogens is 378 g/mol. The van der Waals surface area contributed by atoms with Crippen molar-refractivity contribution in [2.24, 2.45) is 11.8 Å². The van der Waals surface area contributed by atoms with Crippen molar-refractivity contribution in [2.75, 3.05) is 13.1 Å². The lowest BCUT2D eigenvalue weighted by molar-refractivity contribution is -0.161. The SMILES string of the molecule is CC(C)(C)OC(=O)[C@@H](Cc1csc(C=O)c1)[C@H]1CCN(C(=O)OC(C)(C)C)C1. The summed E-state index contributed by atoms with van der Waals surface area (Å²) in [4.78, 5) is 38.6. The quantitative estimate of drug-likeness (QED) is 0.535. The number of aldehydes is 1. The number of hydrogen-bond donors (Lipinski definition) is 0. The van der Waals surface area contributed by atoms with Gasteiger partial charge in [-0.15, -0.1) is 11.3 Å². The fourth-order valence-corrected chi connectivity index (χ4v) is 3.97. The van der Waals surface area contributed by atoms with Crippen molar-refractivity contribution in [3.05, 3.63) is 21.9 Å². The number of amides is 1. The summed E-state index contributed by atoms with van der Waals surface area (Å²) in [6.45, 7) is 12.1. The molecule has 7 heteroatoms. The minimum atomic E-state index is -0.582. The molecule has 0 bridgehead atoms. The van der Waals surface area contributed by atoms with Crippen molar-refractivity contribution >= 4 is 29.7 Å². The molecule has 0 aromatic carbocycles. The second-order valence-electron chi connectivity index (χ2n) is 9.29. The van der Waals surface area contributed by atoms with E-state index in [0.717, 1.165) is 11.8 Å². The van der Waals surface area contributed by atoms with Crippen molar-refractivity contribution in [1.29, 1.82) is 0 Å². The van der Waals surface area contributed by atoms with Crippen molar-refractivity contribution < 1.29 is 23.9 Å². The van der Waals surface area contributed by atoms with E-state index in [1.807, 2.05) is 53.0 Å². The maximum Gasteiger partial charge on any atom is 0.410 e. The van der Waals surface area contributed by atoms with Crippen LogP contribution in [-0.4, -0.2) is 47.5 Å². The van der Waals surface area contributed by atoms with E-state index in [1.54, 1.807) is 4.90 Å². The molecule has 2 atom stereocenters. The van der Waals surface area contributed by atoms with E-state index in [-0.39, 0.29) is 23.9 Å². The molecule has 1 aromatic heterocycles. The highest BCUT2D eigenvalue weighted by Gasteiger charge is 2.39. The summed E-state index contributed by atoms with van der Waals surface area (Å²) in [7, 11) is 0. The van der Waals surface area contributed by atoms with Crippen molar-refractivity contribution in [1.82, 2.24) is 4.90 Å². The van der Waals surface area contributed by atoms with Crippen molar-refractivity contribution in [3.63, 3.8) is 0 Å². The zero-order valence-corrected chi connectivity index (χ0v) is 18.4. The number of ether oxygens (including phenoxy) is 2. The largest absolute Gasteiger partial charge is 0.460 e. The Bertz CT molecular complexity index is 713. The van der Waals surface area contributed by atoms with Crippen molar-refractivity contribution in [3.8, 4) is 0 Å². The van der Waals surface area contributed by atoms with Crippen LogP contribution in [0.25, 0.3) is 0 Å². The highest BCUT2D eigenvalue weighted by Crippen LogP contribution is 2.31. The van der Waals surface area contributed by atoms with E-state index in [2.05, 4.69) is 0 Å². The Balaban J connectivity index is 2.13. The zero-order chi connectivity index (χ0) is 21.1. The molecule has 1 amide bonds. The normalized spacial score (nSPS) is 18.6. The van der Waals surface area contributed by atoms with Gasteiger partial charge in [0, 0.05) is 13.1 Å². The Morgan fingerprint density at radius 1 is 1.21 bits per heavy atom. The van der Waals surface area contributed by atoms with Gasteiger partial charge in [-0.05, 0) is 77.3 Å². The van der Waals surface area contributed by atoms with Gasteiger partial charge in [0.2, 0.25) is 0 Å².